The summed E-state index contributed by atoms with van der Waals surface area (Å²) >= 11 is 1.88. The van der Waals surface area contributed by atoms with Crippen molar-refractivity contribution in [3.63, 3.8) is 0 Å². The molecule has 0 aromatic rings. The molecular formula is C10H18N2OS. The van der Waals surface area contributed by atoms with Crippen LogP contribution in [0.2, 0.25) is 0 Å². The van der Waals surface area contributed by atoms with E-state index in [4.69, 9.17) is 0 Å². The van der Waals surface area contributed by atoms with Gasteiger partial charge in [0.05, 0.1) is 11.8 Å². The van der Waals surface area contributed by atoms with Crippen molar-refractivity contribution in [2.75, 3.05) is 12.3 Å². The third-order valence-corrected chi connectivity index (χ3v) is 4.09. The third kappa shape index (κ3) is 3.17. The van der Waals surface area contributed by atoms with Crippen LogP contribution < -0.4 is 10.6 Å². The maximum atomic E-state index is 11.5. The summed E-state index contributed by atoms with van der Waals surface area (Å²) in [5.74, 6) is 2.13. The van der Waals surface area contributed by atoms with E-state index in [0.717, 1.165) is 12.5 Å². The fraction of sp³-hybridized carbons (Fsp3) is 0.900. The number of nitrogens with one attached hydrogen (secondary N) is 2. The Kier molecular flexibility index (Phi) is 3.34. The van der Waals surface area contributed by atoms with E-state index in [-0.39, 0.29) is 5.91 Å². The topological polar surface area (TPSA) is 41.1 Å². The Morgan fingerprint density at radius 2 is 2.36 bits per heavy atom. The monoisotopic (exact) mass is 214 g/mol. The second-order valence-electron chi connectivity index (χ2n) is 4.38. The van der Waals surface area contributed by atoms with Gasteiger partial charge < -0.3 is 10.6 Å². The Morgan fingerprint density at radius 1 is 1.57 bits per heavy atom. The van der Waals surface area contributed by atoms with Crippen molar-refractivity contribution >= 4 is 17.7 Å². The molecule has 1 heterocycles. The van der Waals surface area contributed by atoms with Gasteiger partial charge in [0.25, 0.3) is 0 Å². The predicted molar refractivity (Wildman–Crippen MR) is 59.2 cm³/mol. The summed E-state index contributed by atoms with van der Waals surface area (Å²) < 4.78 is 0. The van der Waals surface area contributed by atoms with E-state index in [0.29, 0.717) is 17.8 Å². The van der Waals surface area contributed by atoms with Gasteiger partial charge in [-0.15, -0.1) is 11.8 Å². The second-order valence-corrected chi connectivity index (χ2v) is 5.62. The Balaban J connectivity index is 1.66. The summed E-state index contributed by atoms with van der Waals surface area (Å²) in [5.41, 5.74) is 0. The summed E-state index contributed by atoms with van der Waals surface area (Å²) in [5, 5.41) is 6.75. The zero-order valence-electron chi connectivity index (χ0n) is 8.58. The normalized spacial score (nSPS) is 32.6. The molecule has 2 N–H and O–H groups in total. The van der Waals surface area contributed by atoms with E-state index in [1.165, 1.54) is 18.6 Å². The molecule has 1 saturated carbocycles. The smallest absolute Gasteiger partial charge is 0.222 e. The summed E-state index contributed by atoms with van der Waals surface area (Å²) in [7, 11) is 0. The van der Waals surface area contributed by atoms with E-state index in [1.54, 1.807) is 0 Å². The lowest BCUT2D eigenvalue weighted by atomic mass is 10.2. The molecule has 1 saturated heterocycles. The van der Waals surface area contributed by atoms with Crippen LogP contribution in [0, 0.1) is 5.92 Å². The number of amides is 1. The molecule has 2 rings (SSSR count). The Labute approximate surface area is 89.4 Å². The minimum absolute atomic E-state index is 0.215. The van der Waals surface area contributed by atoms with Gasteiger partial charge in [-0.1, -0.05) is 6.92 Å². The Morgan fingerprint density at radius 3 is 2.93 bits per heavy atom. The first-order chi connectivity index (χ1) is 6.74. The highest BCUT2D eigenvalue weighted by Crippen LogP contribution is 2.22. The minimum atomic E-state index is 0.215. The molecule has 0 aromatic carbocycles. The van der Waals surface area contributed by atoms with Crippen LogP contribution in [0.1, 0.15) is 26.2 Å². The van der Waals surface area contributed by atoms with E-state index < -0.39 is 0 Å². The van der Waals surface area contributed by atoms with Crippen LogP contribution in [0.4, 0.5) is 0 Å². The lowest BCUT2D eigenvalue weighted by Gasteiger charge is -2.26. The van der Waals surface area contributed by atoms with Crippen molar-refractivity contribution < 1.29 is 4.79 Å². The SMILES string of the molecule is CC1CNC(CC(=O)NC2CC2)SC1. The quantitative estimate of drug-likeness (QED) is 0.735. The molecule has 1 aliphatic carbocycles. The molecule has 0 aromatic heterocycles. The second kappa shape index (κ2) is 4.53. The van der Waals surface area contributed by atoms with Crippen LogP contribution in [0.3, 0.4) is 0 Å². The Bertz CT molecular complexity index is 210. The molecule has 1 amide bonds. The van der Waals surface area contributed by atoms with Crippen LogP contribution in [0.15, 0.2) is 0 Å². The summed E-state index contributed by atoms with van der Waals surface area (Å²) in [4.78, 5) is 11.5. The van der Waals surface area contributed by atoms with Crippen molar-refractivity contribution in [2.24, 2.45) is 5.92 Å². The number of carbonyl (C=O) groups excluding carboxylic acids is 1. The van der Waals surface area contributed by atoms with Crippen LogP contribution in [-0.2, 0) is 4.79 Å². The maximum absolute atomic E-state index is 11.5. The first kappa shape index (κ1) is 10.3. The van der Waals surface area contributed by atoms with Gasteiger partial charge in [0, 0.05) is 6.04 Å². The third-order valence-electron chi connectivity index (χ3n) is 2.59. The van der Waals surface area contributed by atoms with Crippen molar-refractivity contribution in [1.82, 2.24) is 10.6 Å². The van der Waals surface area contributed by atoms with Gasteiger partial charge in [-0.05, 0) is 31.1 Å². The first-order valence-electron chi connectivity index (χ1n) is 5.38. The van der Waals surface area contributed by atoms with Crippen molar-refractivity contribution in [1.29, 1.82) is 0 Å². The zero-order valence-corrected chi connectivity index (χ0v) is 9.40. The molecule has 2 fully saturated rings. The number of hydrogen-bond donors (Lipinski definition) is 2. The van der Waals surface area contributed by atoms with Crippen molar-refractivity contribution in [3.8, 4) is 0 Å². The standard InChI is InChI=1S/C10H18N2OS/c1-7-5-11-10(14-6-7)4-9(13)12-8-2-3-8/h7-8,10-11H,2-6H2,1H3,(H,12,13). The van der Waals surface area contributed by atoms with E-state index in [9.17, 15) is 4.79 Å². The van der Waals surface area contributed by atoms with Gasteiger partial charge in [-0.2, -0.15) is 0 Å². The van der Waals surface area contributed by atoms with E-state index >= 15 is 0 Å². The molecule has 4 heteroatoms. The minimum Gasteiger partial charge on any atom is -0.353 e. The molecule has 2 unspecified atom stereocenters. The van der Waals surface area contributed by atoms with Gasteiger partial charge in [0.1, 0.15) is 0 Å². The van der Waals surface area contributed by atoms with Crippen LogP contribution >= 0.6 is 11.8 Å². The number of thioether (sulfide) groups is 1. The van der Waals surface area contributed by atoms with Gasteiger partial charge in [0.2, 0.25) is 5.91 Å². The van der Waals surface area contributed by atoms with E-state index in [1.807, 2.05) is 11.8 Å². The van der Waals surface area contributed by atoms with Gasteiger partial charge >= 0.3 is 0 Å². The van der Waals surface area contributed by atoms with E-state index in [2.05, 4.69) is 17.6 Å². The summed E-state index contributed by atoms with van der Waals surface area (Å²) in [6, 6.07) is 0.495. The average Bonchev–Trinajstić information content (AvgIpc) is 2.93. The lowest BCUT2D eigenvalue weighted by molar-refractivity contribution is -0.121. The molecule has 80 valence electrons. The molecule has 2 atom stereocenters. The molecule has 0 spiro atoms. The largest absolute Gasteiger partial charge is 0.353 e. The fourth-order valence-electron chi connectivity index (χ4n) is 1.54. The van der Waals surface area contributed by atoms with Crippen LogP contribution in [0.5, 0.6) is 0 Å². The average molecular weight is 214 g/mol. The van der Waals surface area contributed by atoms with Gasteiger partial charge in [-0.25, -0.2) is 0 Å². The zero-order chi connectivity index (χ0) is 9.97. The lowest BCUT2D eigenvalue weighted by Crippen LogP contribution is -2.40. The van der Waals surface area contributed by atoms with Crippen molar-refractivity contribution in [2.45, 2.75) is 37.6 Å². The highest BCUT2D eigenvalue weighted by atomic mass is 32.2. The number of hydrogen-bond acceptors (Lipinski definition) is 3. The van der Waals surface area contributed by atoms with Crippen LogP contribution in [-0.4, -0.2) is 29.6 Å². The molecule has 3 nitrogen and oxygen atoms in total. The molecule has 2 aliphatic rings. The first-order valence-corrected chi connectivity index (χ1v) is 6.43. The predicted octanol–water partition coefficient (Wildman–Crippen LogP) is 0.954. The number of rotatable bonds is 3. The molecule has 0 radical (unpaired) electrons. The Hall–Kier alpha value is -0.220. The molecule has 14 heavy (non-hydrogen) atoms. The highest BCUT2D eigenvalue weighted by molar-refractivity contribution is 7.99. The highest BCUT2D eigenvalue weighted by Gasteiger charge is 2.25. The summed E-state index contributed by atoms with van der Waals surface area (Å²) in [6.07, 6.45) is 2.98. The number of carbonyl (C=O) groups is 1. The van der Waals surface area contributed by atoms with Gasteiger partial charge in [-0.3, -0.25) is 4.79 Å². The fourth-order valence-corrected chi connectivity index (χ4v) is 2.71. The molecular weight excluding hydrogens is 196 g/mol. The van der Waals surface area contributed by atoms with Crippen molar-refractivity contribution in [3.05, 3.63) is 0 Å². The van der Waals surface area contributed by atoms with Gasteiger partial charge in [0.15, 0.2) is 0 Å². The summed E-state index contributed by atoms with van der Waals surface area (Å²) in [6.45, 7) is 3.29. The molecule has 1 aliphatic heterocycles. The maximum Gasteiger partial charge on any atom is 0.222 e. The molecule has 0 bridgehead atoms. The van der Waals surface area contributed by atoms with Crippen LogP contribution in [0.25, 0.3) is 0 Å².